The van der Waals surface area contributed by atoms with Crippen LogP contribution < -0.4 is 0 Å². The van der Waals surface area contributed by atoms with E-state index in [0.29, 0.717) is 25.9 Å². The molecule has 10 heteroatoms. The topological polar surface area (TPSA) is 118 Å². The molecule has 0 aliphatic carbocycles. The van der Waals surface area contributed by atoms with Crippen LogP contribution in [0.25, 0.3) is 0 Å². The van der Waals surface area contributed by atoms with Crippen LogP contribution >= 0.6 is 0 Å². The van der Waals surface area contributed by atoms with E-state index in [4.69, 9.17) is 4.74 Å². The van der Waals surface area contributed by atoms with Crippen molar-refractivity contribution in [1.29, 1.82) is 0 Å². The monoisotopic (exact) mass is 464 g/mol. The number of imide groups is 1. The molecule has 0 aromatic heterocycles. The fourth-order valence-corrected chi connectivity index (χ4v) is 5.80. The van der Waals surface area contributed by atoms with Crippen molar-refractivity contribution in [3.05, 3.63) is 34.9 Å². The predicted molar refractivity (Wildman–Crippen MR) is 116 cm³/mol. The highest BCUT2D eigenvalue weighted by Crippen LogP contribution is 2.25. The molecule has 2 heterocycles. The van der Waals surface area contributed by atoms with Crippen LogP contribution in [0.15, 0.2) is 18.2 Å². The molecule has 2 aliphatic heterocycles. The highest BCUT2D eigenvalue weighted by Gasteiger charge is 2.37. The maximum absolute atomic E-state index is 12.8. The van der Waals surface area contributed by atoms with Crippen molar-refractivity contribution in [2.24, 2.45) is 0 Å². The van der Waals surface area contributed by atoms with Crippen molar-refractivity contribution in [3.63, 3.8) is 0 Å². The smallest absolute Gasteiger partial charge is 0.338 e. The number of sulfone groups is 1. The molecule has 0 bridgehead atoms. The summed E-state index contributed by atoms with van der Waals surface area (Å²) in [4.78, 5) is 53.1. The quantitative estimate of drug-likeness (QED) is 0.424. The van der Waals surface area contributed by atoms with E-state index in [1.807, 2.05) is 6.92 Å². The lowest BCUT2D eigenvalue weighted by molar-refractivity contribution is -0.141. The Kier molecular flexibility index (Phi) is 7.02. The third-order valence-electron chi connectivity index (χ3n) is 5.85. The van der Waals surface area contributed by atoms with Crippen LogP contribution in [0.4, 0.5) is 0 Å². The van der Waals surface area contributed by atoms with Gasteiger partial charge in [-0.15, -0.1) is 0 Å². The molecule has 1 saturated heterocycles. The molecule has 0 spiro atoms. The maximum Gasteiger partial charge on any atom is 0.338 e. The molecule has 9 nitrogen and oxygen atoms in total. The van der Waals surface area contributed by atoms with Crippen molar-refractivity contribution < 1.29 is 32.3 Å². The van der Waals surface area contributed by atoms with Crippen LogP contribution in [-0.4, -0.2) is 78.6 Å². The first-order chi connectivity index (χ1) is 15.1. The van der Waals surface area contributed by atoms with Gasteiger partial charge in [-0.25, -0.2) is 13.2 Å². The van der Waals surface area contributed by atoms with E-state index >= 15 is 0 Å². The molecule has 0 N–H and O–H groups in total. The molecule has 1 aromatic carbocycles. The van der Waals surface area contributed by atoms with E-state index in [9.17, 15) is 27.6 Å². The van der Waals surface area contributed by atoms with Gasteiger partial charge in [0.05, 0.1) is 28.2 Å². The molecular formula is C22H28N2O7S. The number of nitrogens with zero attached hydrogens (tertiary/aromatic N) is 2. The van der Waals surface area contributed by atoms with Crippen LogP contribution in [0.2, 0.25) is 0 Å². The van der Waals surface area contributed by atoms with Crippen LogP contribution in [0.1, 0.15) is 71.1 Å². The number of carbonyl (C=O) groups excluding carboxylic acids is 4. The fourth-order valence-electron chi connectivity index (χ4n) is 4.06. The summed E-state index contributed by atoms with van der Waals surface area (Å²) >= 11 is 0. The highest BCUT2D eigenvalue weighted by molar-refractivity contribution is 7.91. The van der Waals surface area contributed by atoms with E-state index in [2.05, 4.69) is 0 Å². The van der Waals surface area contributed by atoms with Gasteiger partial charge in [0.2, 0.25) is 0 Å². The minimum absolute atomic E-state index is 0.0345. The van der Waals surface area contributed by atoms with Crippen LogP contribution in [0.5, 0.6) is 0 Å². The summed E-state index contributed by atoms with van der Waals surface area (Å²) in [7, 11) is -3.17. The van der Waals surface area contributed by atoms with Gasteiger partial charge in [-0.3, -0.25) is 19.3 Å². The molecule has 32 heavy (non-hydrogen) atoms. The largest absolute Gasteiger partial charge is 0.449 e. The van der Waals surface area contributed by atoms with Crippen molar-refractivity contribution in [2.45, 2.75) is 52.2 Å². The third kappa shape index (κ3) is 4.69. The van der Waals surface area contributed by atoms with Crippen molar-refractivity contribution in [3.8, 4) is 0 Å². The van der Waals surface area contributed by atoms with E-state index in [0.717, 1.165) is 6.42 Å². The van der Waals surface area contributed by atoms with Gasteiger partial charge in [0.25, 0.3) is 17.7 Å². The second-order valence-corrected chi connectivity index (χ2v) is 10.3. The molecule has 3 rings (SSSR count). The Hall–Kier alpha value is -2.75. The number of hydrogen-bond acceptors (Lipinski definition) is 7. The average molecular weight is 465 g/mol. The predicted octanol–water partition coefficient (Wildman–Crippen LogP) is 1.66. The molecule has 0 radical (unpaired) electrons. The maximum atomic E-state index is 12.8. The number of benzene rings is 1. The normalized spacial score (nSPS) is 20.2. The standard InChI is InChI=1S/C22H28N2O7S/c1-4-6-10-24-20(26)17-8-7-15(12-18(17)21(24)27)22(28)31-14(3)19(25)23(5-2)16-9-11-32(29,30)13-16/h7-8,12,14,16H,4-6,9-11,13H2,1-3H3/t14-,16-/m1/s1. The number of ether oxygens (including phenoxy) is 1. The fraction of sp³-hybridized carbons (Fsp3) is 0.545. The zero-order valence-corrected chi connectivity index (χ0v) is 19.3. The first-order valence-corrected chi connectivity index (χ1v) is 12.6. The summed E-state index contributed by atoms with van der Waals surface area (Å²) in [5.74, 6) is -2.16. The second kappa shape index (κ2) is 9.40. The second-order valence-electron chi connectivity index (χ2n) is 8.10. The SMILES string of the molecule is CCCCN1C(=O)c2ccc(C(=O)O[C@H](C)C(=O)N(CC)[C@@H]3CCS(=O)(=O)C3)cc2C1=O. The molecule has 174 valence electrons. The summed E-state index contributed by atoms with van der Waals surface area (Å²) in [5.41, 5.74) is 0.450. The van der Waals surface area contributed by atoms with E-state index < -0.39 is 39.8 Å². The first-order valence-electron chi connectivity index (χ1n) is 10.8. The van der Waals surface area contributed by atoms with Crippen LogP contribution in [0.3, 0.4) is 0 Å². The van der Waals surface area contributed by atoms with Crippen LogP contribution in [-0.2, 0) is 19.4 Å². The van der Waals surface area contributed by atoms with Gasteiger partial charge >= 0.3 is 5.97 Å². The van der Waals surface area contributed by atoms with Crippen molar-refractivity contribution in [1.82, 2.24) is 9.80 Å². The minimum atomic E-state index is -3.17. The molecule has 2 aliphatic rings. The number of unbranched alkanes of at least 4 members (excludes halogenated alkanes) is 1. The molecule has 0 unspecified atom stereocenters. The van der Waals surface area contributed by atoms with Gasteiger partial charge in [-0.05, 0) is 44.9 Å². The zero-order chi connectivity index (χ0) is 23.6. The Balaban J connectivity index is 1.70. The van der Waals surface area contributed by atoms with Crippen LogP contribution in [0, 0.1) is 0 Å². The zero-order valence-electron chi connectivity index (χ0n) is 18.5. The Bertz CT molecular complexity index is 1050. The molecule has 2 atom stereocenters. The molecular weight excluding hydrogens is 436 g/mol. The van der Waals surface area contributed by atoms with Gasteiger partial charge in [-0.1, -0.05) is 13.3 Å². The Morgan fingerprint density at radius 1 is 1.19 bits per heavy atom. The lowest BCUT2D eigenvalue weighted by atomic mass is 10.1. The van der Waals surface area contributed by atoms with Gasteiger partial charge in [0, 0.05) is 19.1 Å². The molecule has 1 aromatic rings. The van der Waals surface area contributed by atoms with Crippen molar-refractivity contribution in [2.75, 3.05) is 24.6 Å². The number of fused-ring (bicyclic) bond motifs is 1. The van der Waals surface area contributed by atoms with Gasteiger partial charge in [0.1, 0.15) is 0 Å². The number of carbonyl (C=O) groups is 4. The van der Waals surface area contributed by atoms with Gasteiger partial charge < -0.3 is 9.64 Å². The van der Waals surface area contributed by atoms with Gasteiger partial charge in [0.15, 0.2) is 15.9 Å². The third-order valence-corrected chi connectivity index (χ3v) is 7.60. The summed E-state index contributed by atoms with van der Waals surface area (Å²) < 4.78 is 28.8. The number of amides is 3. The van der Waals surface area contributed by atoms with E-state index in [-0.39, 0.29) is 34.1 Å². The number of hydrogen-bond donors (Lipinski definition) is 0. The Morgan fingerprint density at radius 2 is 1.88 bits per heavy atom. The number of likely N-dealkylation sites (N-methyl/N-ethyl adjacent to an activating group) is 1. The number of rotatable bonds is 8. The summed E-state index contributed by atoms with van der Waals surface area (Å²) in [6.07, 6.45) is 0.754. The van der Waals surface area contributed by atoms with Gasteiger partial charge in [-0.2, -0.15) is 0 Å². The Morgan fingerprint density at radius 3 is 2.47 bits per heavy atom. The van der Waals surface area contributed by atoms with E-state index in [1.54, 1.807) is 6.92 Å². The highest BCUT2D eigenvalue weighted by atomic mass is 32.2. The molecule has 3 amide bonds. The lowest BCUT2D eigenvalue weighted by Gasteiger charge is -2.29. The van der Waals surface area contributed by atoms with Crippen molar-refractivity contribution >= 4 is 33.5 Å². The first kappa shape index (κ1) is 23.9. The number of esters is 1. The summed E-state index contributed by atoms with van der Waals surface area (Å²) in [6, 6.07) is 3.71. The molecule has 1 fully saturated rings. The average Bonchev–Trinajstić information content (AvgIpc) is 3.23. The Labute approximate surface area is 187 Å². The van der Waals surface area contributed by atoms with E-state index in [1.165, 1.54) is 34.9 Å². The minimum Gasteiger partial charge on any atom is -0.449 e. The lowest BCUT2D eigenvalue weighted by Crippen LogP contribution is -2.46. The summed E-state index contributed by atoms with van der Waals surface area (Å²) in [5, 5.41) is 0. The molecule has 0 saturated carbocycles. The summed E-state index contributed by atoms with van der Waals surface area (Å²) in [6.45, 7) is 5.74.